The molecule has 4 heterocycles. The fraction of sp³-hybridized carbons (Fsp3) is 0.333. The molecular weight excluding hydrogens is 318 g/mol. The molecule has 3 aromatic rings. The van der Waals surface area contributed by atoms with Crippen molar-refractivity contribution in [1.29, 1.82) is 0 Å². The molecule has 0 bridgehead atoms. The maximum atomic E-state index is 12.4. The number of nitrogens with zero attached hydrogens (tertiary/aromatic N) is 4. The zero-order valence-corrected chi connectivity index (χ0v) is 13.8. The Bertz CT molecular complexity index is 961. The molecule has 1 amide bonds. The zero-order chi connectivity index (χ0) is 17.2. The molecule has 3 aromatic heterocycles. The monoisotopic (exact) mass is 337 g/mol. The van der Waals surface area contributed by atoms with Crippen molar-refractivity contribution in [1.82, 2.24) is 24.5 Å². The Morgan fingerprint density at radius 3 is 2.76 bits per heavy atom. The van der Waals surface area contributed by atoms with Gasteiger partial charge in [0.25, 0.3) is 5.56 Å². The van der Waals surface area contributed by atoms with Crippen molar-refractivity contribution in [3.8, 4) is 11.3 Å². The van der Waals surface area contributed by atoms with Gasteiger partial charge in [0, 0.05) is 56.0 Å². The first-order valence-electron chi connectivity index (χ1n) is 8.50. The molecule has 1 aliphatic rings. The minimum absolute atomic E-state index is 0.148. The number of piperidine rings is 1. The van der Waals surface area contributed by atoms with Gasteiger partial charge in [0.1, 0.15) is 0 Å². The minimum Gasteiger partial charge on any atom is -0.342 e. The summed E-state index contributed by atoms with van der Waals surface area (Å²) in [7, 11) is 0. The van der Waals surface area contributed by atoms with Gasteiger partial charge >= 0.3 is 0 Å². The second kappa shape index (κ2) is 6.51. The summed E-state index contributed by atoms with van der Waals surface area (Å²) in [5.41, 5.74) is 2.91. The van der Waals surface area contributed by atoms with Crippen molar-refractivity contribution in [3.63, 3.8) is 0 Å². The third-order valence-electron chi connectivity index (χ3n) is 4.55. The maximum absolute atomic E-state index is 12.4. The SMILES string of the molecule is O=C1CCCCN1CCc1cc(=O)n2[nH]c(-c3ccncc3)cc2n1. The van der Waals surface area contributed by atoms with Crippen molar-refractivity contribution < 1.29 is 4.79 Å². The van der Waals surface area contributed by atoms with E-state index in [4.69, 9.17) is 0 Å². The molecule has 1 saturated heterocycles. The topological polar surface area (TPSA) is 83.4 Å². The summed E-state index contributed by atoms with van der Waals surface area (Å²) in [5.74, 6) is 0.200. The van der Waals surface area contributed by atoms with Crippen LogP contribution in [0.15, 0.2) is 41.5 Å². The third kappa shape index (κ3) is 3.17. The Labute approximate surface area is 144 Å². The number of likely N-dealkylation sites (tertiary alicyclic amines) is 1. The first-order valence-corrected chi connectivity index (χ1v) is 8.50. The lowest BCUT2D eigenvalue weighted by molar-refractivity contribution is -0.133. The Kier molecular flexibility index (Phi) is 4.05. The van der Waals surface area contributed by atoms with Crippen LogP contribution in [0.4, 0.5) is 0 Å². The number of pyridine rings is 1. The van der Waals surface area contributed by atoms with Crippen molar-refractivity contribution in [3.05, 3.63) is 52.7 Å². The van der Waals surface area contributed by atoms with Crippen molar-refractivity contribution in [2.45, 2.75) is 25.7 Å². The Balaban J connectivity index is 1.59. The number of aromatic amines is 1. The van der Waals surface area contributed by atoms with Crippen molar-refractivity contribution in [2.24, 2.45) is 0 Å². The predicted octanol–water partition coefficient (Wildman–Crippen LogP) is 1.64. The highest BCUT2D eigenvalue weighted by molar-refractivity contribution is 5.76. The summed E-state index contributed by atoms with van der Waals surface area (Å²) in [6.45, 7) is 1.42. The predicted molar refractivity (Wildman–Crippen MR) is 93.2 cm³/mol. The summed E-state index contributed by atoms with van der Waals surface area (Å²) in [5, 5.41) is 3.07. The molecule has 128 valence electrons. The van der Waals surface area contributed by atoms with Gasteiger partial charge < -0.3 is 4.90 Å². The smallest absolute Gasteiger partial charge is 0.272 e. The average molecular weight is 337 g/mol. The number of rotatable bonds is 4. The van der Waals surface area contributed by atoms with Crippen LogP contribution in [0.3, 0.4) is 0 Å². The van der Waals surface area contributed by atoms with Crippen LogP contribution in [0.2, 0.25) is 0 Å². The highest BCUT2D eigenvalue weighted by Crippen LogP contribution is 2.17. The first kappa shape index (κ1) is 15.6. The molecule has 0 atom stereocenters. The molecule has 0 aliphatic carbocycles. The standard InChI is InChI=1S/C18H19N5O2/c24-17-3-1-2-9-22(17)10-6-14-11-18(25)23-16(20-14)12-15(21-23)13-4-7-19-8-5-13/h4-5,7-8,11-12,21H,1-3,6,9-10H2. The van der Waals surface area contributed by atoms with Crippen molar-refractivity contribution in [2.75, 3.05) is 13.1 Å². The van der Waals surface area contributed by atoms with Crippen molar-refractivity contribution >= 4 is 11.6 Å². The maximum Gasteiger partial charge on any atom is 0.272 e. The van der Waals surface area contributed by atoms with Crippen LogP contribution in [0.1, 0.15) is 25.0 Å². The molecule has 4 rings (SSSR count). The number of carbonyl (C=O) groups excluding carboxylic acids is 1. The lowest BCUT2D eigenvalue weighted by Crippen LogP contribution is -2.36. The Morgan fingerprint density at radius 2 is 1.96 bits per heavy atom. The van der Waals surface area contributed by atoms with Gasteiger partial charge in [-0.05, 0) is 25.0 Å². The molecule has 0 spiro atoms. The first-order chi connectivity index (χ1) is 12.2. The van der Waals surface area contributed by atoms with Gasteiger partial charge in [-0.25, -0.2) is 9.50 Å². The lowest BCUT2D eigenvalue weighted by Gasteiger charge is -2.26. The molecule has 1 fully saturated rings. The molecule has 1 N–H and O–H groups in total. The molecule has 0 aromatic carbocycles. The summed E-state index contributed by atoms with van der Waals surface area (Å²) in [6, 6.07) is 7.14. The summed E-state index contributed by atoms with van der Waals surface area (Å²) in [4.78, 5) is 34.7. The number of hydrogen-bond acceptors (Lipinski definition) is 4. The van der Waals surface area contributed by atoms with Crippen LogP contribution < -0.4 is 5.56 Å². The van der Waals surface area contributed by atoms with Crippen LogP contribution >= 0.6 is 0 Å². The van der Waals surface area contributed by atoms with Gasteiger partial charge in [0.2, 0.25) is 5.91 Å². The number of amides is 1. The number of fused-ring (bicyclic) bond motifs is 1. The van der Waals surface area contributed by atoms with Crippen LogP contribution in [-0.2, 0) is 11.2 Å². The zero-order valence-electron chi connectivity index (χ0n) is 13.8. The van der Waals surface area contributed by atoms with Crippen LogP contribution in [-0.4, -0.2) is 43.5 Å². The van der Waals surface area contributed by atoms with E-state index < -0.39 is 0 Å². The molecule has 0 saturated carbocycles. The molecule has 0 radical (unpaired) electrons. The molecule has 7 heteroatoms. The number of H-pyrrole nitrogens is 1. The second-order valence-electron chi connectivity index (χ2n) is 6.27. The molecule has 25 heavy (non-hydrogen) atoms. The third-order valence-corrected chi connectivity index (χ3v) is 4.55. The van der Waals surface area contributed by atoms with Gasteiger partial charge in [-0.3, -0.25) is 19.7 Å². The number of aromatic nitrogens is 4. The number of carbonyl (C=O) groups is 1. The van der Waals surface area contributed by atoms with Gasteiger partial charge in [-0.1, -0.05) is 0 Å². The molecular formula is C18H19N5O2. The largest absolute Gasteiger partial charge is 0.342 e. The summed E-state index contributed by atoms with van der Waals surface area (Å²) in [6.07, 6.45) is 6.65. The number of nitrogens with one attached hydrogen (secondary N) is 1. The Hall–Kier alpha value is -2.96. The Morgan fingerprint density at radius 1 is 1.12 bits per heavy atom. The highest BCUT2D eigenvalue weighted by atomic mass is 16.2. The van der Waals surface area contributed by atoms with E-state index in [0.717, 1.165) is 30.6 Å². The van der Waals surface area contributed by atoms with E-state index in [0.29, 0.717) is 30.7 Å². The summed E-state index contributed by atoms with van der Waals surface area (Å²) < 4.78 is 1.44. The second-order valence-corrected chi connectivity index (χ2v) is 6.27. The van der Waals surface area contributed by atoms with Gasteiger partial charge in [0.05, 0.1) is 11.4 Å². The van der Waals surface area contributed by atoms with E-state index in [-0.39, 0.29) is 11.5 Å². The van der Waals surface area contributed by atoms with Gasteiger partial charge in [0.15, 0.2) is 5.65 Å². The van der Waals surface area contributed by atoms with E-state index in [9.17, 15) is 9.59 Å². The van der Waals surface area contributed by atoms with Gasteiger partial charge in [-0.15, -0.1) is 0 Å². The fourth-order valence-corrected chi connectivity index (χ4v) is 3.20. The lowest BCUT2D eigenvalue weighted by atomic mass is 10.1. The van der Waals surface area contributed by atoms with Crippen LogP contribution in [0, 0.1) is 0 Å². The highest BCUT2D eigenvalue weighted by Gasteiger charge is 2.18. The quantitative estimate of drug-likeness (QED) is 0.784. The number of hydrogen-bond donors (Lipinski definition) is 1. The van der Waals surface area contributed by atoms with E-state index in [1.165, 1.54) is 10.6 Å². The van der Waals surface area contributed by atoms with E-state index in [2.05, 4.69) is 15.1 Å². The van der Waals surface area contributed by atoms with E-state index in [1.54, 1.807) is 12.4 Å². The fourth-order valence-electron chi connectivity index (χ4n) is 3.20. The molecule has 7 nitrogen and oxygen atoms in total. The normalized spacial score (nSPS) is 15.0. The van der Waals surface area contributed by atoms with E-state index in [1.807, 2.05) is 23.1 Å². The molecule has 1 aliphatic heterocycles. The minimum atomic E-state index is -0.148. The van der Waals surface area contributed by atoms with Gasteiger partial charge in [-0.2, -0.15) is 0 Å². The van der Waals surface area contributed by atoms with Crippen LogP contribution in [0.25, 0.3) is 16.9 Å². The average Bonchev–Trinajstić information content (AvgIpc) is 3.07. The summed E-state index contributed by atoms with van der Waals surface area (Å²) >= 11 is 0. The molecule has 0 unspecified atom stereocenters. The van der Waals surface area contributed by atoms with E-state index >= 15 is 0 Å². The van der Waals surface area contributed by atoms with Crippen LogP contribution in [0.5, 0.6) is 0 Å².